The van der Waals surface area contributed by atoms with Crippen LogP contribution in [0.2, 0.25) is 0 Å². The van der Waals surface area contributed by atoms with Gasteiger partial charge < -0.3 is 5.73 Å². The van der Waals surface area contributed by atoms with Crippen LogP contribution in [0.1, 0.15) is 22.5 Å². The van der Waals surface area contributed by atoms with E-state index >= 15 is 0 Å². The van der Waals surface area contributed by atoms with Gasteiger partial charge in [0.25, 0.3) is 0 Å². The lowest BCUT2D eigenvalue weighted by Gasteiger charge is -2.06. The molecule has 0 saturated carbocycles. The quantitative estimate of drug-likeness (QED) is 0.900. The Balaban J connectivity index is 2.30. The maximum Gasteiger partial charge on any atom is 0.128 e. The fourth-order valence-electron chi connectivity index (χ4n) is 2.18. The fourth-order valence-corrected chi connectivity index (χ4v) is 2.18. The molecule has 0 radical (unpaired) electrons. The van der Waals surface area contributed by atoms with Gasteiger partial charge in [0.15, 0.2) is 0 Å². The van der Waals surface area contributed by atoms with E-state index < -0.39 is 0 Å². The summed E-state index contributed by atoms with van der Waals surface area (Å²) in [4.78, 5) is 0. The molecule has 4 heteroatoms. The van der Waals surface area contributed by atoms with Crippen molar-refractivity contribution in [2.24, 2.45) is 5.73 Å². The van der Waals surface area contributed by atoms with Crippen molar-refractivity contribution in [2.45, 2.75) is 26.8 Å². The Hall–Kier alpha value is -1.68. The zero-order valence-electron chi connectivity index (χ0n) is 10.8. The summed E-state index contributed by atoms with van der Waals surface area (Å²) in [5, 5.41) is 4.46. The van der Waals surface area contributed by atoms with Gasteiger partial charge in [-0.1, -0.05) is 18.2 Å². The minimum atomic E-state index is -0.189. The van der Waals surface area contributed by atoms with E-state index in [0.717, 1.165) is 17.8 Å². The second-order valence-corrected chi connectivity index (χ2v) is 4.44. The Labute approximate surface area is 106 Å². The molecule has 2 aromatic rings. The number of benzene rings is 1. The molecule has 2 rings (SSSR count). The van der Waals surface area contributed by atoms with Crippen LogP contribution in [0.15, 0.2) is 24.3 Å². The monoisotopic (exact) mass is 247 g/mol. The molecule has 0 amide bonds. The summed E-state index contributed by atoms with van der Waals surface area (Å²) in [5.41, 5.74) is 9.47. The maximum atomic E-state index is 13.6. The highest BCUT2D eigenvalue weighted by Crippen LogP contribution is 2.16. The highest BCUT2D eigenvalue weighted by molar-refractivity contribution is 5.26. The van der Waals surface area contributed by atoms with Gasteiger partial charge in [0.1, 0.15) is 5.82 Å². The minimum absolute atomic E-state index is 0.189. The molecular weight excluding hydrogens is 229 g/mol. The zero-order valence-corrected chi connectivity index (χ0v) is 10.8. The summed E-state index contributed by atoms with van der Waals surface area (Å²) >= 11 is 0. The fraction of sp³-hybridized carbons (Fsp3) is 0.357. The minimum Gasteiger partial charge on any atom is -0.330 e. The van der Waals surface area contributed by atoms with Crippen LogP contribution in [0.25, 0.3) is 0 Å². The molecule has 0 saturated heterocycles. The molecule has 0 fully saturated rings. The first-order valence-electron chi connectivity index (χ1n) is 6.10. The van der Waals surface area contributed by atoms with Gasteiger partial charge in [0.05, 0.1) is 12.2 Å². The van der Waals surface area contributed by atoms with Gasteiger partial charge in [0, 0.05) is 11.3 Å². The van der Waals surface area contributed by atoms with Crippen molar-refractivity contribution < 1.29 is 4.39 Å². The van der Waals surface area contributed by atoms with Gasteiger partial charge in [-0.2, -0.15) is 5.10 Å². The zero-order chi connectivity index (χ0) is 13.1. The van der Waals surface area contributed by atoms with Crippen molar-refractivity contribution in [1.29, 1.82) is 0 Å². The Morgan fingerprint density at radius 1 is 1.28 bits per heavy atom. The van der Waals surface area contributed by atoms with E-state index in [1.54, 1.807) is 12.1 Å². The second kappa shape index (κ2) is 5.31. The predicted octanol–water partition coefficient (Wildman–Crippen LogP) is 2.19. The van der Waals surface area contributed by atoms with Crippen LogP contribution in [0, 0.1) is 19.7 Å². The second-order valence-electron chi connectivity index (χ2n) is 4.44. The van der Waals surface area contributed by atoms with Gasteiger partial charge in [-0.05, 0) is 38.4 Å². The molecule has 0 aliphatic carbocycles. The van der Waals surface area contributed by atoms with E-state index in [-0.39, 0.29) is 5.82 Å². The number of rotatable bonds is 4. The van der Waals surface area contributed by atoms with Crippen molar-refractivity contribution in [3.8, 4) is 0 Å². The number of aryl methyl sites for hydroxylation is 1. The highest BCUT2D eigenvalue weighted by Gasteiger charge is 2.12. The van der Waals surface area contributed by atoms with E-state index in [1.165, 1.54) is 11.6 Å². The molecule has 0 unspecified atom stereocenters. The van der Waals surface area contributed by atoms with E-state index in [1.807, 2.05) is 24.6 Å². The molecule has 1 aromatic carbocycles. The normalized spacial score (nSPS) is 10.9. The topological polar surface area (TPSA) is 43.8 Å². The molecule has 3 nitrogen and oxygen atoms in total. The molecule has 0 aliphatic heterocycles. The first kappa shape index (κ1) is 12.8. The van der Waals surface area contributed by atoms with Crippen LogP contribution in [0.4, 0.5) is 4.39 Å². The Morgan fingerprint density at radius 2 is 2.00 bits per heavy atom. The van der Waals surface area contributed by atoms with E-state index in [4.69, 9.17) is 5.73 Å². The third kappa shape index (κ3) is 2.43. The molecule has 0 spiro atoms. The van der Waals surface area contributed by atoms with E-state index in [0.29, 0.717) is 18.7 Å². The van der Waals surface area contributed by atoms with Crippen LogP contribution < -0.4 is 5.73 Å². The van der Waals surface area contributed by atoms with Crippen molar-refractivity contribution in [1.82, 2.24) is 9.78 Å². The SMILES string of the molecule is Cc1nn(Cc2ccccc2F)c(C)c1CCN. The summed E-state index contributed by atoms with van der Waals surface area (Å²) in [6.45, 7) is 5.04. The van der Waals surface area contributed by atoms with Gasteiger partial charge in [-0.25, -0.2) is 4.39 Å². The van der Waals surface area contributed by atoms with Crippen LogP contribution in [-0.4, -0.2) is 16.3 Å². The van der Waals surface area contributed by atoms with E-state index in [2.05, 4.69) is 5.10 Å². The molecule has 18 heavy (non-hydrogen) atoms. The van der Waals surface area contributed by atoms with Crippen LogP contribution in [0.3, 0.4) is 0 Å². The van der Waals surface area contributed by atoms with E-state index in [9.17, 15) is 4.39 Å². The molecule has 1 heterocycles. The number of aromatic nitrogens is 2. The lowest BCUT2D eigenvalue weighted by molar-refractivity contribution is 0.578. The standard InChI is InChI=1S/C14H18FN3/c1-10-13(7-8-16)11(2)18(17-10)9-12-5-3-4-6-14(12)15/h3-6H,7-9,16H2,1-2H3. The maximum absolute atomic E-state index is 13.6. The predicted molar refractivity (Wildman–Crippen MR) is 70.0 cm³/mol. The van der Waals surface area contributed by atoms with Gasteiger partial charge in [-0.15, -0.1) is 0 Å². The number of hydrogen-bond acceptors (Lipinski definition) is 2. The number of nitrogens with two attached hydrogens (primary N) is 1. The smallest absolute Gasteiger partial charge is 0.128 e. The summed E-state index contributed by atoms with van der Waals surface area (Å²) < 4.78 is 15.4. The van der Waals surface area contributed by atoms with Gasteiger partial charge >= 0.3 is 0 Å². The number of halogens is 1. The van der Waals surface area contributed by atoms with Crippen molar-refractivity contribution >= 4 is 0 Å². The number of hydrogen-bond donors (Lipinski definition) is 1. The van der Waals surface area contributed by atoms with Crippen LogP contribution >= 0.6 is 0 Å². The van der Waals surface area contributed by atoms with Crippen molar-refractivity contribution in [3.05, 3.63) is 52.6 Å². The summed E-state index contributed by atoms with van der Waals surface area (Å²) in [6, 6.07) is 6.79. The van der Waals surface area contributed by atoms with Crippen molar-refractivity contribution in [2.75, 3.05) is 6.54 Å². The van der Waals surface area contributed by atoms with Crippen molar-refractivity contribution in [3.63, 3.8) is 0 Å². The third-order valence-electron chi connectivity index (χ3n) is 3.20. The lowest BCUT2D eigenvalue weighted by Crippen LogP contribution is -2.07. The molecule has 0 bridgehead atoms. The van der Waals surface area contributed by atoms with Gasteiger partial charge in [-0.3, -0.25) is 4.68 Å². The molecule has 0 aliphatic rings. The molecule has 96 valence electrons. The third-order valence-corrected chi connectivity index (χ3v) is 3.20. The van der Waals surface area contributed by atoms with Crippen LogP contribution in [0.5, 0.6) is 0 Å². The summed E-state index contributed by atoms with van der Waals surface area (Å²) in [5.74, 6) is -0.189. The first-order valence-corrected chi connectivity index (χ1v) is 6.10. The molecule has 0 atom stereocenters. The average Bonchev–Trinajstić information content (AvgIpc) is 2.60. The Kier molecular flexibility index (Phi) is 3.77. The lowest BCUT2D eigenvalue weighted by atomic mass is 10.1. The molecule has 2 N–H and O–H groups in total. The molecular formula is C14H18FN3. The highest BCUT2D eigenvalue weighted by atomic mass is 19.1. The Morgan fingerprint density at radius 3 is 2.67 bits per heavy atom. The first-order chi connectivity index (χ1) is 8.63. The Bertz CT molecular complexity index is 546. The largest absolute Gasteiger partial charge is 0.330 e. The number of nitrogens with zero attached hydrogens (tertiary/aromatic N) is 2. The summed E-state index contributed by atoms with van der Waals surface area (Å²) in [7, 11) is 0. The molecule has 1 aromatic heterocycles. The average molecular weight is 247 g/mol. The van der Waals surface area contributed by atoms with Gasteiger partial charge in [0.2, 0.25) is 0 Å². The summed E-state index contributed by atoms with van der Waals surface area (Å²) in [6.07, 6.45) is 0.814. The van der Waals surface area contributed by atoms with Crippen LogP contribution in [-0.2, 0) is 13.0 Å².